The van der Waals surface area contributed by atoms with Gasteiger partial charge in [0.05, 0.1) is 0 Å². The summed E-state index contributed by atoms with van der Waals surface area (Å²) in [6, 6.07) is 8.18. The third-order valence-corrected chi connectivity index (χ3v) is 3.37. The van der Waals surface area contributed by atoms with E-state index in [1.54, 1.807) is 0 Å². The van der Waals surface area contributed by atoms with Crippen molar-refractivity contribution in [1.29, 1.82) is 0 Å². The topological polar surface area (TPSA) is 0 Å². The summed E-state index contributed by atoms with van der Waals surface area (Å²) in [6.07, 6.45) is 0.277. The van der Waals surface area contributed by atoms with Gasteiger partial charge in [-0.25, -0.2) is 0 Å². The predicted molar refractivity (Wildman–Crippen MR) is 71.6 cm³/mol. The maximum Gasteiger partial charge on any atom is 0.389 e. The Bertz CT molecular complexity index is 330. The Morgan fingerprint density at radius 3 is 2.00 bits per heavy atom. The predicted octanol–water partition coefficient (Wildman–Crippen LogP) is 5.89. The van der Waals surface area contributed by atoms with E-state index in [1.165, 1.54) is 5.56 Å². The zero-order valence-electron chi connectivity index (χ0n) is 10.3. The van der Waals surface area contributed by atoms with Crippen LogP contribution in [0.4, 0.5) is 13.2 Å². The second kappa shape index (κ2) is 7.82. The van der Waals surface area contributed by atoms with Gasteiger partial charge in [0, 0.05) is 10.9 Å². The van der Waals surface area contributed by atoms with Crippen LogP contribution in [0.2, 0.25) is 0 Å². The first kappa shape index (κ1) is 15.5. The van der Waals surface area contributed by atoms with Crippen molar-refractivity contribution in [1.82, 2.24) is 0 Å². The molecular formula is C14H18BrF3. The van der Waals surface area contributed by atoms with Gasteiger partial charge in [-0.3, -0.25) is 0 Å². The Hall–Kier alpha value is -0.510. The molecule has 18 heavy (non-hydrogen) atoms. The fourth-order valence-electron chi connectivity index (χ4n) is 1.84. The zero-order chi connectivity index (χ0) is 13.4. The summed E-state index contributed by atoms with van der Waals surface area (Å²) in [6.45, 7) is 0. The standard InChI is InChI=1S/C14H18BrF3/c15-13-9-7-12(8-10-13)6-4-2-1-3-5-11-14(16,17)18/h7-10H,1-6,11H2. The fraction of sp³-hybridized carbons (Fsp3) is 0.571. The van der Waals surface area contributed by atoms with Gasteiger partial charge >= 0.3 is 6.18 Å². The van der Waals surface area contributed by atoms with Crippen molar-refractivity contribution >= 4 is 15.9 Å². The molecule has 0 aliphatic carbocycles. The van der Waals surface area contributed by atoms with E-state index in [-0.39, 0.29) is 6.42 Å². The fourth-order valence-corrected chi connectivity index (χ4v) is 2.10. The Kier molecular flexibility index (Phi) is 6.76. The molecular weight excluding hydrogens is 305 g/mol. The van der Waals surface area contributed by atoms with E-state index in [4.69, 9.17) is 0 Å². The van der Waals surface area contributed by atoms with Crippen molar-refractivity contribution in [2.24, 2.45) is 0 Å². The molecule has 0 nitrogen and oxygen atoms in total. The maximum atomic E-state index is 11.9. The van der Waals surface area contributed by atoms with Gasteiger partial charge in [-0.2, -0.15) is 13.2 Å². The Morgan fingerprint density at radius 2 is 1.39 bits per heavy atom. The maximum absolute atomic E-state index is 11.9. The quantitative estimate of drug-likeness (QED) is 0.549. The van der Waals surface area contributed by atoms with Crippen LogP contribution in [0.3, 0.4) is 0 Å². The van der Waals surface area contributed by atoms with Crippen molar-refractivity contribution in [2.75, 3.05) is 0 Å². The summed E-state index contributed by atoms with van der Waals surface area (Å²) in [5, 5.41) is 0. The van der Waals surface area contributed by atoms with Gasteiger partial charge in [-0.05, 0) is 37.0 Å². The molecule has 0 aliphatic heterocycles. The minimum absolute atomic E-state index is 0.266. The third kappa shape index (κ3) is 7.75. The lowest BCUT2D eigenvalue weighted by atomic mass is 10.0. The van der Waals surface area contributed by atoms with Crippen LogP contribution in [0.5, 0.6) is 0 Å². The highest BCUT2D eigenvalue weighted by molar-refractivity contribution is 9.10. The molecule has 4 heteroatoms. The van der Waals surface area contributed by atoms with Gasteiger partial charge in [0.2, 0.25) is 0 Å². The van der Waals surface area contributed by atoms with Crippen molar-refractivity contribution in [2.45, 2.75) is 51.1 Å². The normalized spacial score (nSPS) is 11.8. The van der Waals surface area contributed by atoms with Crippen LogP contribution in [0.25, 0.3) is 0 Å². The Morgan fingerprint density at radius 1 is 0.833 bits per heavy atom. The average molecular weight is 323 g/mol. The molecule has 0 N–H and O–H groups in total. The SMILES string of the molecule is FC(F)(F)CCCCCCCc1ccc(Br)cc1. The number of hydrogen-bond donors (Lipinski definition) is 0. The van der Waals surface area contributed by atoms with Gasteiger partial charge in [0.15, 0.2) is 0 Å². The van der Waals surface area contributed by atoms with Gasteiger partial charge in [0.25, 0.3) is 0 Å². The number of unbranched alkanes of at least 4 members (excludes halogenated alkanes) is 4. The summed E-state index contributed by atoms with van der Waals surface area (Å²) in [7, 11) is 0. The second-order valence-electron chi connectivity index (χ2n) is 4.51. The largest absolute Gasteiger partial charge is 0.389 e. The number of aryl methyl sites for hydroxylation is 1. The van der Waals surface area contributed by atoms with E-state index in [2.05, 4.69) is 28.1 Å². The molecule has 0 fully saturated rings. The molecule has 0 amide bonds. The summed E-state index contributed by atoms with van der Waals surface area (Å²) in [5.41, 5.74) is 1.29. The molecule has 0 bridgehead atoms. The molecule has 0 unspecified atom stereocenters. The van der Waals surface area contributed by atoms with Crippen LogP contribution >= 0.6 is 15.9 Å². The molecule has 1 rings (SSSR count). The van der Waals surface area contributed by atoms with Crippen molar-refractivity contribution in [3.05, 3.63) is 34.3 Å². The van der Waals surface area contributed by atoms with E-state index in [0.717, 1.165) is 30.2 Å². The number of benzene rings is 1. The number of alkyl halides is 3. The molecule has 1 aromatic carbocycles. The van der Waals surface area contributed by atoms with Gasteiger partial charge in [0.1, 0.15) is 0 Å². The van der Waals surface area contributed by atoms with Crippen LogP contribution < -0.4 is 0 Å². The Labute approximate surface area is 115 Å². The monoisotopic (exact) mass is 322 g/mol. The number of hydrogen-bond acceptors (Lipinski definition) is 0. The Balaban J connectivity index is 2.00. The van der Waals surface area contributed by atoms with Crippen molar-refractivity contribution in [3.63, 3.8) is 0 Å². The third-order valence-electron chi connectivity index (χ3n) is 2.84. The van der Waals surface area contributed by atoms with E-state index in [0.29, 0.717) is 6.42 Å². The lowest BCUT2D eigenvalue weighted by Crippen LogP contribution is -2.06. The summed E-state index contributed by atoms with van der Waals surface area (Å²) in [4.78, 5) is 0. The van der Waals surface area contributed by atoms with Gasteiger partial charge in [-0.1, -0.05) is 47.3 Å². The smallest absolute Gasteiger partial charge is 0.171 e. The van der Waals surface area contributed by atoms with Gasteiger partial charge in [-0.15, -0.1) is 0 Å². The van der Waals surface area contributed by atoms with E-state index < -0.39 is 12.6 Å². The minimum atomic E-state index is -3.99. The molecule has 0 spiro atoms. The minimum Gasteiger partial charge on any atom is -0.171 e. The van der Waals surface area contributed by atoms with Crippen molar-refractivity contribution in [3.8, 4) is 0 Å². The first-order valence-corrected chi connectivity index (χ1v) is 7.08. The van der Waals surface area contributed by atoms with Crippen LogP contribution in [-0.2, 0) is 6.42 Å². The molecule has 0 heterocycles. The van der Waals surface area contributed by atoms with E-state index >= 15 is 0 Å². The van der Waals surface area contributed by atoms with Crippen LogP contribution in [0.1, 0.15) is 44.1 Å². The first-order valence-electron chi connectivity index (χ1n) is 6.28. The van der Waals surface area contributed by atoms with E-state index in [1.807, 2.05) is 12.1 Å². The molecule has 0 aliphatic rings. The second-order valence-corrected chi connectivity index (χ2v) is 5.43. The molecule has 102 valence electrons. The van der Waals surface area contributed by atoms with Gasteiger partial charge < -0.3 is 0 Å². The first-order chi connectivity index (χ1) is 8.47. The number of halogens is 4. The molecule has 0 atom stereocenters. The summed E-state index contributed by atoms with van der Waals surface area (Å²) >= 11 is 3.38. The lowest BCUT2D eigenvalue weighted by molar-refractivity contribution is -0.135. The van der Waals surface area contributed by atoms with Crippen LogP contribution in [0, 0.1) is 0 Å². The molecule has 1 aromatic rings. The van der Waals surface area contributed by atoms with Crippen LogP contribution in [-0.4, -0.2) is 6.18 Å². The van der Waals surface area contributed by atoms with E-state index in [9.17, 15) is 13.2 Å². The summed E-state index contributed by atoms with van der Waals surface area (Å²) in [5.74, 6) is 0. The van der Waals surface area contributed by atoms with Crippen LogP contribution in [0.15, 0.2) is 28.7 Å². The highest BCUT2D eigenvalue weighted by Crippen LogP contribution is 2.23. The molecule has 0 aromatic heterocycles. The number of rotatable bonds is 7. The molecule has 0 saturated carbocycles. The average Bonchev–Trinajstić information content (AvgIpc) is 2.29. The lowest BCUT2D eigenvalue weighted by Gasteiger charge is -2.05. The highest BCUT2D eigenvalue weighted by atomic mass is 79.9. The zero-order valence-corrected chi connectivity index (χ0v) is 11.9. The molecule has 0 saturated heterocycles. The summed E-state index contributed by atoms with van der Waals surface area (Å²) < 4.78 is 36.7. The van der Waals surface area contributed by atoms with Crippen molar-refractivity contribution < 1.29 is 13.2 Å². The molecule has 0 radical (unpaired) electrons. The highest BCUT2D eigenvalue weighted by Gasteiger charge is 2.25.